The molecule has 0 aliphatic heterocycles. The third-order valence-corrected chi connectivity index (χ3v) is 4.47. The van der Waals surface area contributed by atoms with Crippen LogP contribution in [0.3, 0.4) is 0 Å². The highest BCUT2D eigenvalue weighted by Crippen LogP contribution is 2.29. The molecule has 2 aromatic carbocycles. The Labute approximate surface area is 123 Å². The van der Waals surface area contributed by atoms with E-state index in [0.29, 0.717) is 10.6 Å². The number of thioether (sulfide) groups is 1. The van der Waals surface area contributed by atoms with Crippen molar-refractivity contribution in [1.29, 1.82) is 5.26 Å². The van der Waals surface area contributed by atoms with Crippen LogP contribution in [0.1, 0.15) is 22.3 Å². The quantitative estimate of drug-likeness (QED) is 0.732. The molecule has 0 radical (unpaired) electrons. The molecule has 0 aliphatic carbocycles. The summed E-state index contributed by atoms with van der Waals surface area (Å²) in [4.78, 5) is 1.28. The molecule has 0 bridgehead atoms. The fourth-order valence-electron chi connectivity index (χ4n) is 1.75. The Bertz CT molecular complexity index is 644. The van der Waals surface area contributed by atoms with Crippen LogP contribution in [-0.4, -0.2) is 0 Å². The molecule has 0 spiro atoms. The maximum absolute atomic E-state index is 8.81. The fraction of sp³-hybridized carbons (Fsp3) is 0.188. The van der Waals surface area contributed by atoms with Gasteiger partial charge in [-0.25, -0.2) is 0 Å². The molecule has 0 saturated heterocycles. The Morgan fingerprint density at radius 1 is 1.16 bits per heavy atom. The number of nitrogens with zero attached hydrogens (tertiary/aromatic N) is 1. The van der Waals surface area contributed by atoms with E-state index in [4.69, 9.17) is 16.9 Å². The van der Waals surface area contributed by atoms with E-state index in [1.165, 1.54) is 16.0 Å². The van der Waals surface area contributed by atoms with Crippen LogP contribution in [0.25, 0.3) is 0 Å². The molecule has 2 rings (SSSR count). The summed E-state index contributed by atoms with van der Waals surface area (Å²) in [7, 11) is 0. The molecule has 3 heteroatoms. The molecule has 0 saturated carbocycles. The van der Waals surface area contributed by atoms with Crippen molar-refractivity contribution in [3.05, 3.63) is 63.7 Å². The summed E-state index contributed by atoms with van der Waals surface area (Å²) in [5, 5.41) is 9.48. The van der Waals surface area contributed by atoms with Gasteiger partial charge in [-0.1, -0.05) is 35.4 Å². The topological polar surface area (TPSA) is 23.8 Å². The third-order valence-electron chi connectivity index (χ3n) is 2.91. The molecule has 0 fully saturated rings. The second-order valence-electron chi connectivity index (χ2n) is 4.48. The molecule has 19 heavy (non-hydrogen) atoms. The second kappa shape index (κ2) is 6.14. The summed E-state index contributed by atoms with van der Waals surface area (Å²) in [5.74, 6) is 0.814. The van der Waals surface area contributed by atoms with Crippen LogP contribution in [0.4, 0.5) is 0 Å². The predicted octanol–water partition coefficient (Wildman–Crippen LogP) is 5.12. The summed E-state index contributed by atoms with van der Waals surface area (Å²) in [6.45, 7) is 4.21. The minimum atomic E-state index is 0.602. The molecule has 1 nitrogen and oxygen atoms in total. The first-order valence-electron chi connectivity index (χ1n) is 5.99. The normalized spacial score (nSPS) is 10.2. The van der Waals surface area contributed by atoms with E-state index in [1.807, 2.05) is 12.1 Å². The van der Waals surface area contributed by atoms with Gasteiger partial charge in [0.25, 0.3) is 0 Å². The largest absolute Gasteiger partial charge is 0.192 e. The summed E-state index contributed by atoms with van der Waals surface area (Å²) in [6.07, 6.45) is 0. The minimum Gasteiger partial charge on any atom is -0.192 e. The molecule has 0 atom stereocenters. The van der Waals surface area contributed by atoms with Crippen LogP contribution in [0.2, 0.25) is 5.02 Å². The van der Waals surface area contributed by atoms with Crippen molar-refractivity contribution in [1.82, 2.24) is 0 Å². The molecule has 2 aromatic rings. The summed E-state index contributed by atoms with van der Waals surface area (Å²) < 4.78 is 0. The zero-order valence-electron chi connectivity index (χ0n) is 10.9. The number of aryl methyl sites for hydroxylation is 2. The number of rotatable bonds is 3. The Morgan fingerprint density at radius 3 is 2.63 bits per heavy atom. The van der Waals surface area contributed by atoms with Gasteiger partial charge in [0.15, 0.2) is 0 Å². The van der Waals surface area contributed by atoms with Gasteiger partial charge in [-0.15, -0.1) is 11.8 Å². The lowest BCUT2D eigenvalue weighted by Gasteiger charge is -2.08. The minimum absolute atomic E-state index is 0.602. The molecule has 0 heterocycles. The average Bonchev–Trinajstić information content (AvgIpc) is 2.40. The molecule has 0 amide bonds. The molecular weight excluding hydrogens is 274 g/mol. The van der Waals surface area contributed by atoms with E-state index >= 15 is 0 Å². The lowest BCUT2D eigenvalue weighted by Crippen LogP contribution is -1.87. The molecular formula is C16H14ClNS. The summed E-state index contributed by atoms with van der Waals surface area (Å²) >= 11 is 7.96. The second-order valence-corrected chi connectivity index (χ2v) is 5.90. The van der Waals surface area contributed by atoms with Crippen LogP contribution in [0.5, 0.6) is 0 Å². The number of hydrogen-bond donors (Lipinski definition) is 0. The first-order chi connectivity index (χ1) is 9.10. The van der Waals surface area contributed by atoms with Crippen molar-refractivity contribution in [3.63, 3.8) is 0 Å². The Balaban J connectivity index is 2.15. The van der Waals surface area contributed by atoms with Gasteiger partial charge in [0, 0.05) is 15.7 Å². The van der Waals surface area contributed by atoms with Crippen molar-refractivity contribution in [2.45, 2.75) is 24.5 Å². The van der Waals surface area contributed by atoms with E-state index in [2.05, 4.69) is 38.1 Å². The van der Waals surface area contributed by atoms with Crippen molar-refractivity contribution < 1.29 is 0 Å². The highest BCUT2D eigenvalue weighted by atomic mass is 35.5. The first kappa shape index (κ1) is 14.0. The SMILES string of the molecule is Cc1ccc(C)c(SCc2ccc(C#N)cc2Cl)c1. The van der Waals surface area contributed by atoms with Gasteiger partial charge in [0.2, 0.25) is 0 Å². The highest BCUT2D eigenvalue weighted by Gasteiger charge is 2.05. The fourth-order valence-corrected chi connectivity index (χ4v) is 3.21. The Kier molecular flexibility index (Phi) is 4.52. The molecule has 0 aromatic heterocycles. The zero-order valence-corrected chi connectivity index (χ0v) is 12.5. The van der Waals surface area contributed by atoms with Gasteiger partial charge >= 0.3 is 0 Å². The Hall–Kier alpha value is -1.43. The smallest absolute Gasteiger partial charge is 0.0992 e. The number of hydrogen-bond acceptors (Lipinski definition) is 2. The monoisotopic (exact) mass is 287 g/mol. The molecule has 0 N–H and O–H groups in total. The Morgan fingerprint density at radius 2 is 1.95 bits per heavy atom. The zero-order chi connectivity index (χ0) is 13.8. The van der Waals surface area contributed by atoms with E-state index in [1.54, 1.807) is 17.8 Å². The number of nitriles is 1. The standard InChI is InChI=1S/C16H14ClNS/c1-11-3-4-12(2)16(7-11)19-10-14-6-5-13(9-18)8-15(14)17/h3-8H,10H2,1-2H3. The number of halogens is 1. The van der Waals surface area contributed by atoms with Gasteiger partial charge in [-0.2, -0.15) is 5.26 Å². The van der Waals surface area contributed by atoms with Crippen LogP contribution in [0, 0.1) is 25.2 Å². The van der Waals surface area contributed by atoms with Gasteiger partial charge in [0.1, 0.15) is 0 Å². The van der Waals surface area contributed by atoms with Crippen molar-refractivity contribution in [2.75, 3.05) is 0 Å². The molecule has 0 unspecified atom stereocenters. The van der Waals surface area contributed by atoms with E-state index < -0.39 is 0 Å². The van der Waals surface area contributed by atoms with Gasteiger partial charge in [-0.3, -0.25) is 0 Å². The van der Waals surface area contributed by atoms with E-state index in [9.17, 15) is 0 Å². The maximum atomic E-state index is 8.81. The predicted molar refractivity (Wildman–Crippen MR) is 81.6 cm³/mol. The first-order valence-corrected chi connectivity index (χ1v) is 7.35. The van der Waals surface area contributed by atoms with E-state index in [-0.39, 0.29) is 0 Å². The van der Waals surface area contributed by atoms with Crippen LogP contribution < -0.4 is 0 Å². The summed E-state index contributed by atoms with van der Waals surface area (Å²) in [5.41, 5.74) is 4.21. The third kappa shape index (κ3) is 3.53. The maximum Gasteiger partial charge on any atom is 0.0992 e. The van der Waals surface area contributed by atoms with Crippen molar-refractivity contribution in [3.8, 4) is 6.07 Å². The highest BCUT2D eigenvalue weighted by molar-refractivity contribution is 7.98. The van der Waals surface area contributed by atoms with Crippen molar-refractivity contribution >= 4 is 23.4 Å². The van der Waals surface area contributed by atoms with Crippen molar-refractivity contribution in [2.24, 2.45) is 0 Å². The van der Waals surface area contributed by atoms with Crippen LogP contribution in [0.15, 0.2) is 41.3 Å². The molecule has 96 valence electrons. The van der Waals surface area contributed by atoms with E-state index in [0.717, 1.165) is 11.3 Å². The van der Waals surface area contributed by atoms with Gasteiger partial charge in [0.05, 0.1) is 11.6 Å². The van der Waals surface area contributed by atoms with Crippen LogP contribution >= 0.6 is 23.4 Å². The lowest BCUT2D eigenvalue weighted by molar-refractivity contribution is 1.25. The van der Waals surface area contributed by atoms with Gasteiger partial charge < -0.3 is 0 Å². The van der Waals surface area contributed by atoms with Gasteiger partial charge in [-0.05, 0) is 43.2 Å². The van der Waals surface area contributed by atoms with Crippen LogP contribution in [-0.2, 0) is 5.75 Å². The number of benzene rings is 2. The summed E-state index contributed by atoms with van der Waals surface area (Å²) in [6, 6.07) is 14.0. The molecule has 0 aliphatic rings. The average molecular weight is 288 g/mol. The lowest BCUT2D eigenvalue weighted by atomic mass is 10.2.